The zero-order chi connectivity index (χ0) is 10.8. The highest BCUT2D eigenvalue weighted by Gasteiger charge is 2.08. The summed E-state index contributed by atoms with van der Waals surface area (Å²) in [6.07, 6.45) is 0.0804. The van der Waals surface area contributed by atoms with Gasteiger partial charge in [0, 0.05) is 0 Å². The van der Waals surface area contributed by atoms with Crippen LogP contribution in [0.3, 0.4) is 0 Å². The second kappa shape index (κ2) is 3.42. The molecule has 5 heteroatoms. The van der Waals surface area contributed by atoms with Crippen molar-refractivity contribution in [3.8, 4) is 6.07 Å². The summed E-state index contributed by atoms with van der Waals surface area (Å²) in [6.45, 7) is 0. The smallest absolute Gasteiger partial charge is 0.335 e. The summed E-state index contributed by atoms with van der Waals surface area (Å²) < 4.78 is 5.22. The Morgan fingerprint density at radius 2 is 2.40 bits per heavy atom. The number of oxazole rings is 1. The van der Waals surface area contributed by atoms with Gasteiger partial charge in [0.15, 0.2) is 5.58 Å². The lowest BCUT2D eigenvalue weighted by molar-refractivity contribution is 0.0697. The molecule has 2 rings (SSSR count). The van der Waals surface area contributed by atoms with Crippen LogP contribution >= 0.6 is 0 Å². The number of rotatable bonds is 2. The fraction of sp³-hybridized carbons (Fsp3) is 0.100. The Morgan fingerprint density at radius 1 is 1.60 bits per heavy atom. The third-order valence-corrected chi connectivity index (χ3v) is 1.91. The van der Waals surface area contributed by atoms with Gasteiger partial charge in [0.05, 0.1) is 11.6 Å². The molecule has 0 saturated carbocycles. The van der Waals surface area contributed by atoms with Gasteiger partial charge in [-0.1, -0.05) is 0 Å². The lowest BCUT2D eigenvalue weighted by atomic mass is 10.2. The van der Waals surface area contributed by atoms with Crippen molar-refractivity contribution in [1.82, 2.24) is 4.98 Å². The minimum Gasteiger partial charge on any atom is -0.478 e. The average Bonchev–Trinajstić information content (AvgIpc) is 2.59. The fourth-order valence-electron chi connectivity index (χ4n) is 1.25. The zero-order valence-corrected chi connectivity index (χ0v) is 7.60. The van der Waals surface area contributed by atoms with Gasteiger partial charge in [-0.2, -0.15) is 5.26 Å². The van der Waals surface area contributed by atoms with E-state index in [0.717, 1.165) is 0 Å². The van der Waals surface area contributed by atoms with Gasteiger partial charge in [0.25, 0.3) is 0 Å². The standard InChI is InChI=1S/C10H6N2O3/c11-4-3-9-12-7-5-6(10(13)14)1-2-8(7)15-9/h1-2,5H,3H2,(H,13,14). The lowest BCUT2D eigenvalue weighted by Gasteiger charge is -1.91. The summed E-state index contributed by atoms with van der Waals surface area (Å²) >= 11 is 0. The van der Waals surface area contributed by atoms with E-state index in [-0.39, 0.29) is 12.0 Å². The van der Waals surface area contributed by atoms with Crippen LogP contribution in [0.25, 0.3) is 11.1 Å². The quantitative estimate of drug-likeness (QED) is 0.798. The van der Waals surface area contributed by atoms with Crippen molar-refractivity contribution in [3.05, 3.63) is 29.7 Å². The average molecular weight is 202 g/mol. The summed E-state index contributed by atoms with van der Waals surface area (Å²) in [5, 5.41) is 17.2. The molecule has 0 bridgehead atoms. The van der Waals surface area contributed by atoms with Crippen molar-refractivity contribution < 1.29 is 14.3 Å². The molecule has 0 atom stereocenters. The van der Waals surface area contributed by atoms with Crippen molar-refractivity contribution in [2.75, 3.05) is 0 Å². The molecule has 0 amide bonds. The fourth-order valence-corrected chi connectivity index (χ4v) is 1.25. The molecule has 1 aromatic carbocycles. The summed E-state index contributed by atoms with van der Waals surface area (Å²) in [4.78, 5) is 14.7. The minimum absolute atomic E-state index is 0.0804. The Balaban J connectivity index is 2.53. The number of nitrogens with zero attached hydrogens (tertiary/aromatic N) is 2. The van der Waals surface area contributed by atoms with Crippen LogP contribution in [0.5, 0.6) is 0 Å². The van der Waals surface area contributed by atoms with Crippen LogP contribution in [0.2, 0.25) is 0 Å². The number of aromatic nitrogens is 1. The van der Waals surface area contributed by atoms with E-state index in [9.17, 15) is 4.79 Å². The molecule has 1 heterocycles. The number of fused-ring (bicyclic) bond motifs is 1. The van der Waals surface area contributed by atoms with E-state index in [4.69, 9.17) is 14.8 Å². The SMILES string of the molecule is N#CCc1nc2cc(C(=O)O)ccc2o1. The van der Waals surface area contributed by atoms with Gasteiger partial charge in [0.2, 0.25) is 5.89 Å². The highest BCUT2D eigenvalue weighted by molar-refractivity contribution is 5.91. The first-order valence-electron chi connectivity index (χ1n) is 4.20. The highest BCUT2D eigenvalue weighted by Crippen LogP contribution is 2.17. The second-order valence-corrected chi connectivity index (χ2v) is 2.93. The molecule has 0 unspecified atom stereocenters. The van der Waals surface area contributed by atoms with E-state index in [2.05, 4.69) is 4.98 Å². The zero-order valence-electron chi connectivity index (χ0n) is 7.60. The number of hydrogen-bond donors (Lipinski definition) is 1. The molecule has 0 saturated heterocycles. The molecule has 1 N–H and O–H groups in total. The van der Waals surface area contributed by atoms with Gasteiger partial charge in [-0.05, 0) is 18.2 Å². The molecular weight excluding hydrogens is 196 g/mol. The Morgan fingerprint density at radius 3 is 3.07 bits per heavy atom. The first-order valence-corrected chi connectivity index (χ1v) is 4.20. The van der Waals surface area contributed by atoms with Crippen LogP contribution in [0, 0.1) is 11.3 Å². The first kappa shape index (κ1) is 9.21. The molecule has 0 aliphatic heterocycles. The summed E-state index contributed by atoms with van der Waals surface area (Å²) in [7, 11) is 0. The highest BCUT2D eigenvalue weighted by atomic mass is 16.4. The van der Waals surface area contributed by atoms with Crippen LogP contribution in [0.1, 0.15) is 16.2 Å². The number of carboxylic acids is 1. The van der Waals surface area contributed by atoms with E-state index >= 15 is 0 Å². The van der Waals surface area contributed by atoms with Crippen molar-refractivity contribution in [1.29, 1.82) is 5.26 Å². The first-order chi connectivity index (χ1) is 7.20. The van der Waals surface area contributed by atoms with Gasteiger partial charge >= 0.3 is 5.97 Å². The van der Waals surface area contributed by atoms with Crippen LogP contribution < -0.4 is 0 Å². The molecule has 74 valence electrons. The topological polar surface area (TPSA) is 87.1 Å². The Kier molecular flexibility index (Phi) is 2.10. The van der Waals surface area contributed by atoms with Gasteiger partial charge < -0.3 is 9.52 Å². The number of aromatic carboxylic acids is 1. The number of nitriles is 1. The molecule has 0 radical (unpaired) electrons. The molecule has 15 heavy (non-hydrogen) atoms. The molecular formula is C10H6N2O3. The molecule has 0 aliphatic rings. The van der Waals surface area contributed by atoms with E-state index in [1.807, 2.05) is 6.07 Å². The van der Waals surface area contributed by atoms with Gasteiger partial charge in [0.1, 0.15) is 11.9 Å². The van der Waals surface area contributed by atoms with Crippen LogP contribution in [-0.2, 0) is 6.42 Å². The maximum Gasteiger partial charge on any atom is 0.335 e. The molecule has 1 aromatic heterocycles. The minimum atomic E-state index is -1.01. The maximum atomic E-state index is 10.7. The number of carboxylic acid groups (broad SMARTS) is 1. The largest absolute Gasteiger partial charge is 0.478 e. The van der Waals surface area contributed by atoms with E-state index in [1.54, 1.807) is 0 Å². The molecule has 0 spiro atoms. The van der Waals surface area contributed by atoms with Crippen molar-refractivity contribution in [3.63, 3.8) is 0 Å². The Labute approximate surface area is 84.6 Å². The number of carbonyl (C=O) groups is 1. The normalized spacial score (nSPS) is 10.1. The van der Waals surface area contributed by atoms with Crippen molar-refractivity contribution >= 4 is 17.1 Å². The third-order valence-electron chi connectivity index (χ3n) is 1.91. The van der Waals surface area contributed by atoms with E-state index in [1.165, 1.54) is 18.2 Å². The molecule has 0 fully saturated rings. The van der Waals surface area contributed by atoms with Crippen molar-refractivity contribution in [2.45, 2.75) is 6.42 Å². The van der Waals surface area contributed by atoms with Crippen LogP contribution in [0.15, 0.2) is 22.6 Å². The predicted octanol–water partition coefficient (Wildman–Crippen LogP) is 1.59. The third kappa shape index (κ3) is 1.65. The molecule has 2 aromatic rings. The second-order valence-electron chi connectivity index (χ2n) is 2.93. The van der Waals surface area contributed by atoms with Crippen LogP contribution in [-0.4, -0.2) is 16.1 Å². The van der Waals surface area contributed by atoms with Gasteiger partial charge in [-0.15, -0.1) is 0 Å². The summed E-state index contributed by atoms with van der Waals surface area (Å²) in [6, 6.07) is 6.30. The Bertz CT molecular complexity index is 566. The van der Waals surface area contributed by atoms with Gasteiger partial charge in [-0.25, -0.2) is 9.78 Å². The number of benzene rings is 1. The van der Waals surface area contributed by atoms with Crippen molar-refractivity contribution in [2.24, 2.45) is 0 Å². The monoisotopic (exact) mass is 202 g/mol. The Hall–Kier alpha value is -2.35. The molecule has 5 nitrogen and oxygen atoms in total. The van der Waals surface area contributed by atoms with Gasteiger partial charge in [-0.3, -0.25) is 0 Å². The molecule has 0 aliphatic carbocycles. The predicted molar refractivity (Wildman–Crippen MR) is 50.3 cm³/mol. The van der Waals surface area contributed by atoms with E-state index < -0.39 is 5.97 Å². The van der Waals surface area contributed by atoms with Crippen LogP contribution in [0.4, 0.5) is 0 Å². The summed E-state index contributed by atoms with van der Waals surface area (Å²) in [5.41, 5.74) is 1.10. The lowest BCUT2D eigenvalue weighted by Crippen LogP contribution is -1.94. The van der Waals surface area contributed by atoms with E-state index in [0.29, 0.717) is 17.0 Å². The maximum absolute atomic E-state index is 10.7. The summed E-state index contributed by atoms with van der Waals surface area (Å²) in [5.74, 6) is -0.711. The number of hydrogen-bond acceptors (Lipinski definition) is 4.